The van der Waals surface area contributed by atoms with Crippen molar-refractivity contribution in [3.63, 3.8) is 0 Å². The molecule has 2 heterocycles. The maximum atomic E-state index is 9.75. The molecule has 164 valence electrons. The Hall–Kier alpha value is -2.08. The number of ether oxygens (including phenoxy) is 1. The van der Waals surface area contributed by atoms with Gasteiger partial charge < -0.3 is 19.6 Å². The van der Waals surface area contributed by atoms with E-state index in [9.17, 15) is 10.4 Å². The SMILES string of the molecule is C/C(=C(/C#N)SNC1COCC(O)C1)c1ccc2cc(N3CCN(C)CC3)ccc2c1. The van der Waals surface area contributed by atoms with Crippen LogP contribution in [0.25, 0.3) is 16.3 Å². The highest BCUT2D eigenvalue weighted by atomic mass is 32.2. The highest BCUT2D eigenvalue weighted by molar-refractivity contribution is 8.01. The van der Waals surface area contributed by atoms with Crippen molar-refractivity contribution >= 4 is 34.0 Å². The van der Waals surface area contributed by atoms with Crippen molar-refractivity contribution in [3.8, 4) is 6.07 Å². The van der Waals surface area contributed by atoms with Crippen LogP contribution in [0.5, 0.6) is 0 Å². The lowest BCUT2D eigenvalue weighted by Gasteiger charge is -2.34. The Balaban J connectivity index is 1.49. The lowest BCUT2D eigenvalue weighted by atomic mass is 10.0. The number of anilines is 1. The smallest absolute Gasteiger partial charge is 0.108 e. The molecule has 0 spiro atoms. The molecule has 2 unspecified atom stereocenters. The Morgan fingerprint density at radius 3 is 2.61 bits per heavy atom. The zero-order valence-electron chi connectivity index (χ0n) is 18.2. The molecular weight excluding hydrogens is 408 g/mol. The van der Waals surface area contributed by atoms with Crippen molar-refractivity contribution < 1.29 is 9.84 Å². The van der Waals surface area contributed by atoms with Crippen LogP contribution < -0.4 is 9.62 Å². The molecule has 31 heavy (non-hydrogen) atoms. The quantitative estimate of drug-likeness (QED) is 0.548. The number of rotatable bonds is 5. The third-order valence-corrected chi connectivity index (χ3v) is 7.13. The van der Waals surface area contributed by atoms with Gasteiger partial charge in [-0.2, -0.15) is 5.26 Å². The van der Waals surface area contributed by atoms with Crippen LogP contribution in [0.15, 0.2) is 41.3 Å². The van der Waals surface area contributed by atoms with E-state index in [0.29, 0.717) is 24.5 Å². The molecule has 0 radical (unpaired) electrons. The van der Waals surface area contributed by atoms with Crippen LogP contribution in [0, 0.1) is 11.3 Å². The van der Waals surface area contributed by atoms with E-state index < -0.39 is 6.10 Å². The molecular formula is C24H30N4O2S. The van der Waals surface area contributed by atoms with E-state index >= 15 is 0 Å². The molecule has 2 aliphatic rings. The second-order valence-electron chi connectivity index (χ2n) is 8.45. The van der Waals surface area contributed by atoms with Gasteiger partial charge in [0.25, 0.3) is 0 Å². The first-order valence-electron chi connectivity index (χ1n) is 10.8. The predicted octanol–water partition coefficient (Wildman–Crippen LogP) is 3.23. The number of likely N-dealkylation sites (N-methyl/N-ethyl adjacent to an activating group) is 1. The lowest BCUT2D eigenvalue weighted by Crippen LogP contribution is -2.44. The number of allylic oxidation sites excluding steroid dienone is 2. The van der Waals surface area contributed by atoms with Gasteiger partial charge in [0.15, 0.2) is 0 Å². The van der Waals surface area contributed by atoms with E-state index in [1.807, 2.05) is 6.92 Å². The van der Waals surface area contributed by atoms with Crippen molar-refractivity contribution in [1.82, 2.24) is 9.62 Å². The van der Waals surface area contributed by atoms with Crippen molar-refractivity contribution in [2.24, 2.45) is 0 Å². The number of piperazine rings is 1. The molecule has 2 atom stereocenters. The van der Waals surface area contributed by atoms with E-state index in [0.717, 1.165) is 37.3 Å². The summed E-state index contributed by atoms with van der Waals surface area (Å²) in [4.78, 5) is 5.44. The zero-order valence-corrected chi connectivity index (χ0v) is 19.0. The molecule has 2 fully saturated rings. The lowest BCUT2D eigenvalue weighted by molar-refractivity contribution is -0.0181. The van der Waals surface area contributed by atoms with Gasteiger partial charge in [-0.15, -0.1) is 0 Å². The van der Waals surface area contributed by atoms with Gasteiger partial charge in [0, 0.05) is 37.9 Å². The number of nitrogens with one attached hydrogen (secondary N) is 1. The fourth-order valence-corrected chi connectivity index (χ4v) is 4.84. The first kappa shape index (κ1) is 22.1. The Morgan fingerprint density at radius 2 is 1.87 bits per heavy atom. The van der Waals surface area contributed by atoms with Gasteiger partial charge in [0.2, 0.25) is 0 Å². The molecule has 6 nitrogen and oxygen atoms in total. The Labute approximate surface area is 188 Å². The second kappa shape index (κ2) is 10.0. The van der Waals surface area contributed by atoms with E-state index in [-0.39, 0.29) is 6.04 Å². The Morgan fingerprint density at radius 1 is 1.13 bits per heavy atom. The predicted molar refractivity (Wildman–Crippen MR) is 128 cm³/mol. The normalized spacial score (nSPS) is 23.5. The van der Waals surface area contributed by atoms with Gasteiger partial charge in [-0.3, -0.25) is 4.72 Å². The number of aliphatic hydroxyl groups is 1. The average Bonchev–Trinajstić information content (AvgIpc) is 2.79. The van der Waals surface area contributed by atoms with Crippen LogP contribution in [0.2, 0.25) is 0 Å². The van der Waals surface area contributed by atoms with Crippen LogP contribution in [-0.2, 0) is 4.74 Å². The van der Waals surface area contributed by atoms with E-state index in [1.54, 1.807) is 0 Å². The van der Waals surface area contributed by atoms with Crippen molar-refractivity contribution in [2.45, 2.75) is 25.5 Å². The molecule has 0 aliphatic carbocycles. The third kappa shape index (κ3) is 5.40. The van der Waals surface area contributed by atoms with Gasteiger partial charge in [0.05, 0.1) is 19.3 Å². The maximum Gasteiger partial charge on any atom is 0.108 e. The van der Waals surface area contributed by atoms with Crippen LogP contribution in [-0.4, -0.2) is 68.6 Å². The number of hydrogen-bond acceptors (Lipinski definition) is 7. The summed E-state index contributed by atoms with van der Waals surface area (Å²) in [7, 11) is 2.17. The third-order valence-electron chi connectivity index (χ3n) is 6.08. The van der Waals surface area contributed by atoms with Gasteiger partial charge in [-0.25, -0.2) is 0 Å². The molecule has 2 aliphatic heterocycles. The number of hydrogen-bond donors (Lipinski definition) is 2. The summed E-state index contributed by atoms with van der Waals surface area (Å²) in [6.07, 6.45) is 0.190. The van der Waals surface area contributed by atoms with Gasteiger partial charge in [-0.05, 0) is 72.4 Å². The summed E-state index contributed by atoms with van der Waals surface area (Å²) < 4.78 is 8.66. The first-order chi connectivity index (χ1) is 15.0. The summed E-state index contributed by atoms with van der Waals surface area (Å²) >= 11 is 1.33. The van der Waals surface area contributed by atoms with E-state index in [1.165, 1.54) is 28.4 Å². The highest BCUT2D eigenvalue weighted by Crippen LogP contribution is 2.30. The van der Waals surface area contributed by atoms with Crippen LogP contribution in [0.1, 0.15) is 18.9 Å². The van der Waals surface area contributed by atoms with Crippen molar-refractivity contribution in [1.29, 1.82) is 5.26 Å². The fraction of sp³-hybridized carbons (Fsp3) is 0.458. The number of fused-ring (bicyclic) bond motifs is 1. The first-order valence-corrected chi connectivity index (χ1v) is 11.6. The second-order valence-corrected chi connectivity index (χ2v) is 9.29. The van der Waals surface area contributed by atoms with E-state index in [4.69, 9.17) is 4.74 Å². The summed E-state index contributed by atoms with van der Waals surface area (Å²) in [5.41, 5.74) is 3.27. The zero-order chi connectivity index (χ0) is 21.8. The number of nitrogens with zero attached hydrogens (tertiary/aromatic N) is 3. The molecule has 2 saturated heterocycles. The topological polar surface area (TPSA) is 71.8 Å². The molecule has 2 aromatic carbocycles. The molecule has 0 saturated carbocycles. The minimum atomic E-state index is -0.446. The highest BCUT2D eigenvalue weighted by Gasteiger charge is 2.21. The summed E-state index contributed by atoms with van der Waals surface area (Å²) in [6.45, 7) is 7.22. The standard InChI is InChI=1S/C24H30N4O2S/c1-17(24(14-25)31-26-21-13-23(29)16-30-15-21)18-3-4-20-12-22(6-5-19(20)11-18)28-9-7-27(2)8-10-28/h3-6,11-12,21,23,26,29H,7-10,13,15-16H2,1-2H3/b24-17+. The van der Waals surface area contributed by atoms with Crippen LogP contribution in [0.4, 0.5) is 5.69 Å². The molecule has 2 aromatic rings. The summed E-state index contributed by atoms with van der Waals surface area (Å²) in [5, 5.41) is 21.8. The van der Waals surface area contributed by atoms with Crippen molar-refractivity contribution in [2.75, 3.05) is 51.3 Å². The van der Waals surface area contributed by atoms with Gasteiger partial charge in [-0.1, -0.05) is 18.2 Å². The number of aliphatic hydroxyl groups excluding tert-OH is 1. The molecule has 0 aromatic heterocycles. The van der Waals surface area contributed by atoms with Crippen LogP contribution in [0.3, 0.4) is 0 Å². The van der Waals surface area contributed by atoms with Gasteiger partial charge >= 0.3 is 0 Å². The minimum Gasteiger partial charge on any atom is -0.391 e. The maximum absolute atomic E-state index is 9.75. The molecule has 0 bridgehead atoms. The fourth-order valence-electron chi connectivity index (χ4n) is 4.08. The minimum absolute atomic E-state index is 0.0366. The molecule has 4 rings (SSSR count). The largest absolute Gasteiger partial charge is 0.391 e. The van der Waals surface area contributed by atoms with E-state index in [2.05, 4.69) is 64.0 Å². The van der Waals surface area contributed by atoms with Crippen molar-refractivity contribution in [3.05, 3.63) is 46.9 Å². The summed E-state index contributed by atoms with van der Waals surface area (Å²) in [5.74, 6) is 0. The molecule has 0 amide bonds. The number of benzene rings is 2. The average molecular weight is 439 g/mol. The Bertz CT molecular complexity index is 995. The number of nitriles is 1. The van der Waals surface area contributed by atoms with Gasteiger partial charge in [0.1, 0.15) is 11.0 Å². The molecule has 2 N–H and O–H groups in total. The molecule has 7 heteroatoms. The monoisotopic (exact) mass is 438 g/mol. The Kier molecular flexibility index (Phi) is 7.16. The summed E-state index contributed by atoms with van der Waals surface area (Å²) in [6, 6.07) is 15.4. The van der Waals surface area contributed by atoms with Crippen LogP contribution >= 0.6 is 11.9 Å².